The summed E-state index contributed by atoms with van der Waals surface area (Å²) in [6.07, 6.45) is 0. The summed E-state index contributed by atoms with van der Waals surface area (Å²) in [5, 5.41) is 7.50. The maximum Gasteiger partial charge on any atom is 0.147 e. The Morgan fingerprint density at radius 2 is 1.75 bits per heavy atom. The van der Waals surface area contributed by atoms with Gasteiger partial charge < -0.3 is 14.6 Å². The minimum absolute atomic E-state index is 0.294. The Balaban J connectivity index is 1.96. The van der Waals surface area contributed by atoms with Crippen LogP contribution in [0.1, 0.15) is 25.2 Å². The molecule has 0 spiro atoms. The Labute approximate surface area is 142 Å². The smallest absolute Gasteiger partial charge is 0.147 e. The normalized spacial score (nSPS) is 11.3. The molecule has 0 aliphatic rings. The van der Waals surface area contributed by atoms with Crippen LogP contribution in [-0.4, -0.2) is 19.3 Å². The van der Waals surface area contributed by atoms with Crippen LogP contribution in [0.3, 0.4) is 0 Å². The number of aromatic nitrogens is 1. The van der Waals surface area contributed by atoms with E-state index in [1.54, 1.807) is 7.11 Å². The fourth-order valence-electron chi connectivity index (χ4n) is 2.85. The largest absolute Gasteiger partial charge is 0.497 e. The Morgan fingerprint density at radius 3 is 2.42 bits per heavy atom. The summed E-state index contributed by atoms with van der Waals surface area (Å²) >= 11 is 0. The molecule has 3 aromatic rings. The average Bonchev–Trinajstić information content (AvgIpc) is 3.12. The van der Waals surface area contributed by atoms with Crippen LogP contribution in [0.4, 0.5) is 5.69 Å². The van der Waals surface area contributed by atoms with Crippen molar-refractivity contribution in [3.8, 4) is 17.0 Å². The highest BCUT2D eigenvalue weighted by atomic mass is 16.5. The Morgan fingerprint density at radius 1 is 1.04 bits per heavy atom. The van der Waals surface area contributed by atoms with Crippen molar-refractivity contribution in [1.29, 1.82) is 0 Å². The van der Waals surface area contributed by atoms with Gasteiger partial charge >= 0.3 is 0 Å². The zero-order valence-electron chi connectivity index (χ0n) is 14.5. The van der Waals surface area contributed by atoms with Gasteiger partial charge in [-0.05, 0) is 49.7 Å². The second-order valence-electron chi connectivity index (χ2n) is 6.23. The Hall–Kier alpha value is -2.75. The molecule has 1 heterocycles. The summed E-state index contributed by atoms with van der Waals surface area (Å²) in [4.78, 5) is 0. The fraction of sp³-hybridized carbons (Fsp3) is 0.250. The molecular weight excluding hydrogens is 300 g/mol. The molecule has 24 heavy (non-hydrogen) atoms. The molecule has 4 heteroatoms. The van der Waals surface area contributed by atoms with E-state index in [0.29, 0.717) is 0 Å². The van der Waals surface area contributed by atoms with E-state index in [-0.39, 0.29) is 5.41 Å². The molecule has 0 atom stereocenters. The number of ether oxygens (including phenoxy) is 1. The predicted molar refractivity (Wildman–Crippen MR) is 96.6 cm³/mol. The van der Waals surface area contributed by atoms with Crippen molar-refractivity contribution in [2.45, 2.75) is 19.3 Å². The molecule has 0 radical (unpaired) electrons. The van der Waals surface area contributed by atoms with Crippen molar-refractivity contribution >= 4 is 5.69 Å². The molecule has 0 aliphatic carbocycles. The second-order valence-corrected chi connectivity index (χ2v) is 6.23. The topological polar surface area (TPSA) is 47.3 Å². The number of hydrogen-bond acceptors (Lipinski definition) is 4. The number of methoxy groups -OCH3 is 1. The highest BCUT2D eigenvalue weighted by Gasteiger charge is 2.30. The van der Waals surface area contributed by atoms with Gasteiger partial charge in [0.25, 0.3) is 0 Å². The molecule has 0 saturated carbocycles. The van der Waals surface area contributed by atoms with E-state index in [1.807, 2.05) is 49.5 Å². The molecule has 0 bridgehead atoms. The molecule has 2 aromatic carbocycles. The first-order valence-electron chi connectivity index (χ1n) is 7.95. The van der Waals surface area contributed by atoms with E-state index in [9.17, 15) is 0 Å². The van der Waals surface area contributed by atoms with E-state index in [2.05, 4.69) is 36.5 Å². The van der Waals surface area contributed by atoms with Crippen LogP contribution in [-0.2, 0) is 5.41 Å². The zero-order valence-corrected chi connectivity index (χ0v) is 14.5. The highest BCUT2D eigenvalue weighted by Crippen LogP contribution is 2.37. The maximum atomic E-state index is 5.69. The fourth-order valence-corrected chi connectivity index (χ4v) is 2.85. The number of nitrogens with zero attached hydrogens (tertiary/aromatic N) is 1. The van der Waals surface area contributed by atoms with Gasteiger partial charge in [0.1, 0.15) is 17.2 Å². The number of anilines is 1. The van der Waals surface area contributed by atoms with E-state index in [1.165, 1.54) is 5.56 Å². The number of rotatable bonds is 5. The third-order valence-electron chi connectivity index (χ3n) is 4.38. The second kappa shape index (κ2) is 6.40. The van der Waals surface area contributed by atoms with Crippen LogP contribution in [0.15, 0.2) is 59.1 Å². The third kappa shape index (κ3) is 2.87. The first-order chi connectivity index (χ1) is 11.6. The number of benzene rings is 2. The molecule has 0 amide bonds. The van der Waals surface area contributed by atoms with Crippen LogP contribution in [0.25, 0.3) is 11.3 Å². The molecule has 0 saturated heterocycles. The lowest BCUT2D eigenvalue weighted by Crippen LogP contribution is -2.19. The molecule has 0 aliphatic heterocycles. The van der Waals surface area contributed by atoms with E-state index < -0.39 is 0 Å². The lowest BCUT2D eigenvalue weighted by molar-refractivity contribution is 0.342. The van der Waals surface area contributed by atoms with Gasteiger partial charge in [0, 0.05) is 24.4 Å². The summed E-state index contributed by atoms with van der Waals surface area (Å²) in [5.41, 5.74) is 3.79. The van der Waals surface area contributed by atoms with Crippen molar-refractivity contribution in [2.75, 3.05) is 19.5 Å². The highest BCUT2D eigenvalue weighted by molar-refractivity contribution is 5.62. The molecule has 0 unspecified atom stereocenters. The van der Waals surface area contributed by atoms with Crippen LogP contribution in [0.5, 0.6) is 5.75 Å². The average molecular weight is 322 g/mol. The van der Waals surface area contributed by atoms with E-state index >= 15 is 0 Å². The van der Waals surface area contributed by atoms with Gasteiger partial charge in [-0.25, -0.2) is 0 Å². The number of nitrogens with one attached hydrogen (secondary N) is 1. The summed E-state index contributed by atoms with van der Waals surface area (Å²) in [6, 6.07) is 18.1. The monoisotopic (exact) mass is 322 g/mol. The van der Waals surface area contributed by atoms with Crippen molar-refractivity contribution < 1.29 is 9.26 Å². The standard InChI is InChI=1S/C20H22N2O2/c1-20(2,16-7-5-6-8-17(16)21-3)19-13-18(22-24-19)14-9-11-15(23-4)12-10-14/h5-13,21H,1-4H3. The van der Waals surface area contributed by atoms with Gasteiger partial charge in [-0.1, -0.05) is 23.4 Å². The minimum atomic E-state index is -0.294. The predicted octanol–water partition coefficient (Wildman–Crippen LogP) is 4.72. The van der Waals surface area contributed by atoms with Crippen molar-refractivity contribution in [3.05, 3.63) is 65.9 Å². The van der Waals surface area contributed by atoms with E-state index in [4.69, 9.17) is 9.26 Å². The van der Waals surface area contributed by atoms with Crippen LogP contribution >= 0.6 is 0 Å². The maximum absolute atomic E-state index is 5.69. The summed E-state index contributed by atoms with van der Waals surface area (Å²) in [6.45, 7) is 4.28. The summed E-state index contributed by atoms with van der Waals surface area (Å²) < 4.78 is 10.9. The summed E-state index contributed by atoms with van der Waals surface area (Å²) in [7, 11) is 3.59. The van der Waals surface area contributed by atoms with Gasteiger partial charge in [-0.3, -0.25) is 0 Å². The van der Waals surface area contributed by atoms with Gasteiger partial charge in [0.05, 0.1) is 12.5 Å². The lowest BCUT2D eigenvalue weighted by Gasteiger charge is -2.24. The minimum Gasteiger partial charge on any atom is -0.497 e. The molecule has 4 nitrogen and oxygen atoms in total. The Kier molecular flexibility index (Phi) is 4.30. The molecule has 0 fully saturated rings. The molecule has 3 rings (SSSR count). The van der Waals surface area contributed by atoms with Crippen molar-refractivity contribution in [2.24, 2.45) is 0 Å². The first kappa shape index (κ1) is 16.1. The SMILES string of the molecule is CNc1ccccc1C(C)(C)c1cc(-c2ccc(OC)cc2)no1. The Bertz CT molecular complexity index is 820. The van der Waals surface area contributed by atoms with E-state index in [0.717, 1.165) is 28.5 Å². The first-order valence-corrected chi connectivity index (χ1v) is 7.95. The zero-order chi connectivity index (χ0) is 17.2. The number of para-hydroxylation sites is 1. The van der Waals surface area contributed by atoms with Crippen LogP contribution < -0.4 is 10.1 Å². The molecule has 1 aromatic heterocycles. The quantitative estimate of drug-likeness (QED) is 0.738. The van der Waals surface area contributed by atoms with Gasteiger partial charge in [0.15, 0.2) is 0 Å². The third-order valence-corrected chi connectivity index (χ3v) is 4.38. The van der Waals surface area contributed by atoms with Crippen LogP contribution in [0, 0.1) is 0 Å². The number of hydrogen-bond donors (Lipinski definition) is 1. The lowest BCUT2D eigenvalue weighted by atomic mass is 9.81. The summed E-state index contributed by atoms with van der Waals surface area (Å²) in [5.74, 6) is 1.65. The van der Waals surface area contributed by atoms with Crippen molar-refractivity contribution in [1.82, 2.24) is 5.16 Å². The van der Waals surface area contributed by atoms with Gasteiger partial charge in [0.2, 0.25) is 0 Å². The molecular formula is C20H22N2O2. The van der Waals surface area contributed by atoms with Gasteiger partial charge in [-0.2, -0.15) is 0 Å². The molecule has 124 valence electrons. The van der Waals surface area contributed by atoms with Gasteiger partial charge in [-0.15, -0.1) is 0 Å². The van der Waals surface area contributed by atoms with Crippen LogP contribution in [0.2, 0.25) is 0 Å². The molecule has 1 N–H and O–H groups in total. The van der Waals surface area contributed by atoms with Crippen molar-refractivity contribution in [3.63, 3.8) is 0 Å².